The molecule has 0 bridgehead atoms. The first-order valence-electron chi connectivity index (χ1n) is 8.71. The van der Waals surface area contributed by atoms with Gasteiger partial charge in [-0.1, -0.05) is 41.7 Å². The summed E-state index contributed by atoms with van der Waals surface area (Å²) in [5.74, 6) is 0.0993. The number of nitrogens with zero attached hydrogens (tertiary/aromatic N) is 1. The Kier molecular flexibility index (Phi) is 5.49. The Morgan fingerprint density at radius 3 is 2.79 bits per heavy atom. The molecule has 0 atom stereocenters. The van der Waals surface area contributed by atoms with E-state index in [0.29, 0.717) is 16.4 Å². The second-order valence-corrected chi connectivity index (χ2v) is 8.62. The van der Waals surface area contributed by atoms with Crippen molar-refractivity contribution >= 4 is 76.6 Å². The minimum absolute atomic E-state index is 0.178. The van der Waals surface area contributed by atoms with Crippen LogP contribution in [-0.2, 0) is 0 Å². The average molecular weight is 486 g/mol. The van der Waals surface area contributed by atoms with Crippen molar-refractivity contribution in [2.45, 2.75) is 6.92 Å². The molecule has 1 aromatic heterocycles. The number of thiazole rings is 1. The molecule has 0 aliphatic rings. The third kappa shape index (κ3) is 3.96. The summed E-state index contributed by atoms with van der Waals surface area (Å²) < 4.78 is 7.26. The van der Waals surface area contributed by atoms with Gasteiger partial charge in [-0.3, -0.25) is 10.1 Å². The lowest BCUT2D eigenvalue weighted by Crippen LogP contribution is -2.34. The number of anilines is 1. The Bertz CT molecular complexity index is 1270. The number of carbonyl (C=O) groups excluding carboxylic acids is 1. The van der Waals surface area contributed by atoms with Crippen molar-refractivity contribution in [3.05, 3.63) is 64.1 Å². The molecule has 0 spiro atoms. The summed E-state index contributed by atoms with van der Waals surface area (Å²) in [7, 11) is 1.53. The van der Waals surface area contributed by atoms with Gasteiger partial charge in [0, 0.05) is 0 Å². The lowest BCUT2D eigenvalue weighted by Gasteiger charge is -2.14. The van der Waals surface area contributed by atoms with Crippen LogP contribution in [0.15, 0.2) is 53.0 Å². The number of aryl methyl sites for hydroxylation is 1. The molecular formula is C21H16BrN3O2S2. The molecule has 0 saturated carbocycles. The van der Waals surface area contributed by atoms with E-state index in [1.54, 1.807) is 6.07 Å². The van der Waals surface area contributed by atoms with E-state index in [0.717, 1.165) is 31.0 Å². The third-order valence-electron chi connectivity index (χ3n) is 4.38. The highest BCUT2D eigenvalue weighted by Crippen LogP contribution is 2.36. The molecule has 0 unspecified atom stereocenters. The van der Waals surface area contributed by atoms with Crippen molar-refractivity contribution in [3.8, 4) is 5.75 Å². The number of thiocarbonyl (C=S) groups is 1. The van der Waals surface area contributed by atoms with Crippen molar-refractivity contribution in [1.29, 1.82) is 0 Å². The van der Waals surface area contributed by atoms with Crippen LogP contribution in [0, 0.1) is 6.92 Å². The van der Waals surface area contributed by atoms with Gasteiger partial charge < -0.3 is 10.1 Å². The third-order valence-corrected chi connectivity index (χ3v) is 6.31. The number of nitrogens with one attached hydrogen (secondary N) is 2. The number of benzene rings is 3. The number of halogens is 1. The van der Waals surface area contributed by atoms with E-state index in [-0.39, 0.29) is 11.0 Å². The number of ether oxygens (including phenoxy) is 1. The number of hydrogen-bond acceptors (Lipinski definition) is 5. The minimum atomic E-state index is -0.359. The first-order valence-corrected chi connectivity index (χ1v) is 10.7. The monoisotopic (exact) mass is 485 g/mol. The highest BCUT2D eigenvalue weighted by atomic mass is 79.9. The molecule has 0 aliphatic carbocycles. The van der Waals surface area contributed by atoms with Gasteiger partial charge in [0.1, 0.15) is 5.75 Å². The Morgan fingerprint density at radius 1 is 1.21 bits per heavy atom. The summed E-state index contributed by atoms with van der Waals surface area (Å²) in [6.45, 7) is 2.03. The van der Waals surface area contributed by atoms with Crippen LogP contribution in [0.4, 0.5) is 5.13 Å². The predicted molar refractivity (Wildman–Crippen MR) is 126 cm³/mol. The van der Waals surface area contributed by atoms with Gasteiger partial charge in [-0.2, -0.15) is 0 Å². The molecule has 3 aromatic carbocycles. The predicted octanol–water partition coefficient (Wildman–Crippen LogP) is 5.66. The summed E-state index contributed by atoms with van der Waals surface area (Å²) in [6, 6.07) is 15.6. The normalized spacial score (nSPS) is 10.9. The van der Waals surface area contributed by atoms with Gasteiger partial charge in [0.2, 0.25) is 0 Å². The van der Waals surface area contributed by atoms with Crippen LogP contribution in [0.3, 0.4) is 0 Å². The van der Waals surface area contributed by atoms with E-state index in [9.17, 15) is 4.79 Å². The summed E-state index contributed by atoms with van der Waals surface area (Å²) >= 11 is 10.3. The first kappa shape index (κ1) is 19.8. The largest absolute Gasteiger partial charge is 0.495 e. The van der Waals surface area contributed by atoms with Crippen molar-refractivity contribution < 1.29 is 9.53 Å². The van der Waals surface area contributed by atoms with Crippen molar-refractivity contribution in [3.63, 3.8) is 0 Å². The Balaban J connectivity index is 1.57. The lowest BCUT2D eigenvalue weighted by molar-refractivity contribution is 0.0975. The molecule has 1 heterocycles. The second-order valence-electron chi connectivity index (χ2n) is 6.39. The molecule has 4 rings (SSSR count). The minimum Gasteiger partial charge on any atom is -0.495 e. The zero-order valence-electron chi connectivity index (χ0n) is 15.6. The van der Waals surface area contributed by atoms with E-state index in [4.69, 9.17) is 17.0 Å². The van der Waals surface area contributed by atoms with Crippen molar-refractivity contribution in [2.24, 2.45) is 0 Å². The van der Waals surface area contributed by atoms with Crippen LogP contribution in [0.25, 0.3) is 21.0 Å². The van der Waals surface area contributed by atoms with Crippen molar-refractivity contribution in [1.82, 2.24) is 10.3 Å². The summed E-state index contributed by atoms with van der Waals surface area (Å²) in [6.07, 6.45) is 0. The first-order chi connectivity index (χ1) is 14.0. The molecule has 29 heavy (non-hydrogen) atoms. The maximum Gasteiger partial charge on any atom is 0.261 e. The molecule has 0 saturated heterocycles. The number of methoxy groups -OCH3 is 1. The van der Waals surface area contributed by atoms with Gasteiger partial charge in [-0.15, -0.1) is 0 Å². The number of aromatic nitrogens is 1. The Hall–Kier alpha value is -2.55. The molecule has 4 aromatic rings. The smallest absolute Gasteiger partial charge is 0.261 e. The van der Waals surface area contributed by atoms with E-state index in [1.165, 1.54) is 18.4 Å². The van der Waals surface area contributed by atoms with Crippen LogP contribution in [0.5, 0.6) is 5.75 Å². The van der Waals surface area contributed by atoms with Crippen LogP contribution in [-0.4, -0.2) is 23.1 Å². The fourth-order valence-electron chi connectivity index (χ4n) is 3.04. The summed E-state index contributed by atoms with van der Waals surface area (Å²) in [4.78, 5) is 17.4. The maximum atomic E-state index is 12.9. The molecule has 8 heteroatoms. The number of rotatable bonds is 3. The lowest BCUT2D eigenvalue weighted by atomic mass is 10.1. The molecular weight excluding hydrogens is 470 g/mol. The van der Waals surface area contributed by atoms with Crippen LogP contribution in [0.1, 0.15) is 15.9 Å². The molecule has 0 aliphatic heterocycles. The quantitative estimate of drug-likeness (QED) is 0.366. The average Bonchev–Trinajstić information content (AvgIpc) is 3.08. The van der Waals surface area contributed by atoms with Crippen LogP contribution < -0.4 is 15.4 Å². The highest BCUT2D eigenvalue weighted by molar-refractivity contribution is 9.10. The number of carbonyl (C=O) groups is 1. The highest BCUT2D eigenvalue weighted by Gasteiger charge is 2.19. The number of hydrogen-bond donors (Lipinski definition) is 2. The van der Waals surface area contributed by atoms with Gasteiger partial charge in [0.05, 0.1) is 27.4 Å². The Morgan fingerprint density at radius 2 is 2.00 bits per heavy atom. The van der Waals surface area contributed by atoms with Crippen LogP contribution >= 0.6 is 39.5 Å². The standard InChI is InChI=1S/C21H16BrN3O2S2/c1-11-7-8-15-16(9-11)29-21(23-15)25-20(28)24-19(26)14-10-12-5-3-4-6-13(12)17(22)18(14)27-2/h3-10H,1-2H3,(H2,23,24,25,26,28). The summed E-state index contributed by atoms with van der Waals surface area (Å²) in [5, 5.41) is 8.40. The van der Waals surface area contributed by atoms with Gasteiger partial charge in [0.25, 0.3) is 5.91 Å². The van der Waals surface area contributed by atoms with Gasteiger partial charge in [-0.25, -0.2) is 4.98 Å². The van der Waals surface area contributed by atoms with E-state index in [2.05, 4.69) is 37.6 Å². The second kappa shape index (κ2) is 8.06. The Labute approximate surface area is 185 Å². The van der Waals surface area contributed by atoms with E-state index < -0.39 is 0 Å². The molecule has 5 nitrogen and oxygen atoms in total. The number of amides is 1. The molecule has 146 valence electrons. The SMILES string of the molecule is COc1c(C(=O)NC(=S)Nc2nc3ccc(C)cc3s2)cc2ccccc2c1Br. The van der Waals surface area contributed by atoms with E-state index in [1.807, 2.05) is 43.3 Å². The zero-order chi connectivity index (χ0) is 20.5. The molecule has 2 N–H and O–H groups in total. The van der Waals surface area contributed by atoms with Gasteiger partial charge in [0.15, 0.2) is 10.2 Å². The number of fused-ring (bicyclic) bond motifs is 2. The fourth-order valence-corrected chi connectivity index (χ4v) is 5.00. The molecule has 1 amide bonds. The fraction of sp³-hybridized carbons (Fsp3) is 0.0952. The molecule has 0 fully saturated rings. The molecule has 0 radical (unpaired) electrons. The van der Waals surface area contributed by atoms with Crippen molar-refractivity contribution in [2.75, 3.05) is 12.4 Å². The van der Waals surface area contributed by atoms with Gasteiger partial charge in [-0.05, 0) is 69.6 Å². The van der Waals surface area contributed by atoms with Crippen LogP contribution in [0.2, 0.25) is 0 Å². The maximum absolute atomic E-state index is 12.9. The van der Waals surface area contributed by atoms with E-state index >= 15 is 0 Å². The zero-order valence-corrected chi connectivity index (χ0v) is 18.8. The summed E-state index contributed by atoms with van der Waals surface area (Å²) in [5.41, 5.74) is 2.44. The van der Waals surface area contributed by atoms with Gasteiger partial charge >= 0.3 is 0 Å². The topological polar surface area (TPSA) is 63.2 Å².